The highest BCUT2D eigenvalue weighted by atomic mass is 19.4. The van der Waals surface area contributed by atoms with E-state index >= 15 is 0 Å². The Labute approximate surface area is 115 Å². The number of hydrogen-bond acceptors (Lipinski definition) is 3. The van der Waals surface area contributed by atoms with Crippen LogP contribution < -0.4 is 15.4 Å². The summed E-state index contributed by atoms with van der Waals surface area (Å²) in [7, 11) is 3.00. The lowest BCUT2D eigenvalue weighted by Gasteiger charge is -2.12. The van der Waals surface area contributed by atoms with Gasteiger partial charge in [0, 0.05) is 19.7 Å². The van der Waals surface area contributed by atoms with E-state index in [1.54, 1.807) is 18.2 Å². The van der Waals surface area contributed by atoms with Crippen LogP contribution in [0.5, 0.6) is 5.88 Å². The molecule has 0 saturated heterocycles. The Hall–Kier alpha value is -1.99. The summed E-state index contributed by atoms with van der Waals surface area (Å²) in [5, 5.41) is 5.46. The summed E-state index contributed by atoms with van der Waals surface area (Å²) in [6.45, 7) is 0.109. The van der Waals surface area contributed by atoms with Crippen molar-refractivity contribution in [1.82, 2.24) is 15.6 Å². The molecule has 0 saturated carbocycles. The van der Waals surface area contributed by atoms with Crippen molar-refractivity contribution in [3.05, 3.63) is 23.9 Å². The van der Waals surface area contributed by atoms with Crippen LogP contribution >= 0.6 is 0 Å². The number of guanidine groups is 1. The zero-order valence-corrected chi connectivity index (χ0v) is 11.3. The molecule has 8 heteroatoms. The van der Waals surface area contributed by atoms with Crippen molar-refractivity contribution in [2.45, 2.75) is 19.1 Å². The van der Waals surface area contributed by atoms with Crippen LogP contribution in [0.15, 0.2) is 23.2 Å². The Morgan fingerprint density at radius 2 is 2.10 bits per heavy atom. The molecule has 5 nitrogen and oxygen atoms in total. The lowest BCUT2D eigenvalue weighted by Crippen LogP contribution is -2.38. The van der Waals surface area contributed by atoms with Crippen LogP contribution in [0.3, 0.4) is 0 Å². The number of hydrogen-bond donors (Lipinski definition) is 2. The minimum atomic E-state index is -4.18. The van der Waals surface area contributed by atoms with E-state index in [0.717, 1.165) is 0 Å². The second-order valence-electron chi connectivity index (χ2n) is 3.89. The number of halogens is 3. The smallest absolute Gasteiger partial charge is 0.390 e. The first-order chi connectivity index (χ1) is 9.44. The average molecular weight is 290 g/mol. The molecule has 1 rings (SSSR count). The maximum atomic E-state index is 12.0. The predicted octanol–water partition coefficient (Wildman–Crippen LogP) is 1.71. The van der Waals surface area contributed by atoms with Gasteiger partial charge in [0.25, 0.3) is 0 Å². The highest BCUT2D eigenvalue weighted by Crippen LogP contribution is 2.18. The zero-order chi connectivity index (χ0) is 15.0. The van der Waals surface area contributed by atoms with Crippen LogP contribution in [0.25, 0.3) is 0 Å². The monoisotopic (exact) mass is 290 g/mol. The van der Waals surface area contributed by atoms with Crippen molar-refractivity contribution < 1.29 is 17.9 Å². The fourth-order valence-electron chi connectivity index (χ4n) is 1.39. The van der Waals surface area contributed by atoms with Crippen molar-refractivity contribution in [3.63, 3.8) is 0 Å². The van der Waals surface area contributed by atoms with Gasteiger partial charge in [0.15, 0.2) is 5.96 Å². The van der Waals surface area contributed by atoms with E-state index in [-0.39, 0.29) is 6.54 Å². The van der Waals surface area contributed by atoms with Crippen LogP contribution in [0.4, 0.5) is 13.2 Å². The summed E-state index contributed by atoms with van der Waals surface area (Å²) < 4.78 is 41.0. The molecule has 0 fully saturated rings. The van der Waals surface area contributed by atoms with E-state index in [0.29, 0.717) is 24.1 Å². The Balaban J connectivity index is 2.41. The second-order valence-corrected chi connectivity index (χ2v) is 3.89. The van der Waals surface area contributed by atoms with E-state index in [1.807, 2.05) is 0 Å². The molecule has 1 aromatic heterocycles. The third-order valence-corrected chi connectivity index (χ3v) is 2.35. The van der Waals surface area contributed by atoms with E-state index < -0.39 is 12.6 Å². The van der Waals surface area contributed by atoms with Gasteiger partial charge in [0.05, 0.1) is 25.8 Å². The topological polar surface area (TPSA) is 58.5 Å². The van der Waals surface area contributed by atoms with Crippen LogP contribution in [-0.4, -0.2) is 37.8 Å². The van der Waals surface area contributed by atoms with Gasteiger partial charge in [0.1, 0.15) is 0 Å². The summed E-state index contributed by atoms with van der Waals surface area (Å²) in [5.41, 5.74) is 0.697. The quantitative estimate of drug-likeness (QED) is 0.640. The van der Waals surface area contributed by atoms with Crippen molar-refractivity contribution >= 4 is 5.96 Å². The summed E-state index contributed by atoms with van der Waals surface area (Å²) in [4.78, 5) is 8.00. The maximum Gasteiger partial charge on any atom is 0.390 e. The predicted molar refractivity (Wildman–Crippen MR) is 69.7 cm³/mol. The molecule has 0 spiro atoms. The standard InChI is InChI=1S/C12H17F3N4O/c1-16-11(17-7-6-12(13,14)15)18-8-9-4-3-5-10(19-9)20-2/h3-5H,6-8H2,1-2H3,(H2,16,17,18). The number of rotatable bonds is 5. The number of nitrogens with zero attached hydrogens (tertiary/aromatic N) is 2. The molecule has 0 atom stereocenters. The van der Waals surface area contributed by atoms with E-state index in [2.05, 4.69) is 20.6 Å². The van der Waals surface area contributed by atoms with Gasteiger partial charge < -0.3 is 15.4 Å². The van der Waals surface area contributed by atoms with Gasteiger partial charge in [-0.25, -0.2) is 4.98 Å². The first-order valence-corrected chi connectivity index (χ1v) is 5.96. The zero-order valence-electron chi connectivity index (χ0n) is 11.3. The molecule has 0 aliphatic heterocycles. The minimum absolute atomic E-state index is 0.227. The molecule has 0 amide bonds. The molecule has 0 aromatic carbocycles. The molecular formula is C12H17F3N4O. The number of alkyl halides is 3. The first kappa shape index (κ1) is 16.1. The Bertz CT molecular complexity index is 449. The van der Waals surface area contributed by atoms with Crippen LogP contribution in [0.2, 0.25) is 0 Å². The van der Waals surface area contributed by atoms with E-state index in [9.17, 15) is 13.2 Å². The van der Waals surface area contributed by atoms with Crippen molar-refractivity contribution in [3.8, 4) is 5.88 Å². The molecule has 0 radical (unpaired) electrons. The molecule has 0 bridgehead atoms. The van der Waals surface area contributed by atoms with Crippen molar-refractivity contribution in [2.24, 2.45) is 4.99 Å². The highest BCUT2D eigenvalue weighted by molar-refractivity contribution is 5.79. The third-order valence-electron chi connectivity index (χ3n) is 2.35. The highest BCUT2D eigenvalue weighted by Gasteiger charge is 2.26. The molecule has 0 aliphatic rings. The lowest BCUT2D eigenvalue weighted by molar-refractivity contribution is -0.132. The molecule has 1 aromatic rings. The fourth-order valence-corrected chi connectivity index (χ4v) is 1.39. The SMILES string of the molecule is CN=C(NCCC(F)(F)F)NCc1cccc(OC)n1. The van der Waals surface area contributed by atoms with Gasteiger partial charge in [-0.15, -0.1) is 0 Å². The molecule has 0 unspecified atom stereocenters. The molecule has 2 N–H and O–H groups in total. The molecule has 0 aliphatic carbocycles. The number of pyridine rings is 1. The number of nitrogens with one attached hydrogen (secondary N) is 2. The molecule has 20 heavy (non-hydrogen) atoms. The van der Waals surface area contributed by atoms with Gasteiger partial charge >= 0.3 is 6.18 Å². The van der Waals surface area contributed by atoms with Gasteiger partial charge in [-0.2, -0.15) is 13.2 Å². The van der Waals surface area contributed by atoms with E-state index in [4.69, 9.17) is 4.74 Å². The summed E-state index contributed by atoms with van der Waals surface area (Å²) in [6.07, 6.45) is -5.09. The number of aliphatic imine (C=N–C) groups is 1. The van der Waals surface area contributed by atoms with Gasteiger partial charge in [-0.05, 0) is 6.07 Å². The summed E-state index contributed by atoms with van der Waals surface area (Å²) in [6, 6.07) is 5.26. The number of aromatic nitrogens is 1. The Morgan fingerprint density at radius 3 is 2.70 bits per heavy atom. The maximum absolute atomic E-state index is 12.0. The Morgan fingerprint density at radius 1 is 1.35 bits per heavy atom. The van der Waals surface area contributed by atoms with Gasteiger partial charge in [-0.1, -0.05) is 6.07 Å². The normalized spacial score (nSPS) is 12.2. The molecule has 112 valence electrons. The number of ether oxygens (including phenoxy) is 1. The number of methoxy groups -OCH3 is 1. The molecule has 1 heterocycles. The third kappa shape index (κ3) is 6.26. The summed E-state index contributed by atoms with van der Waals surface area (Å²) >= 11 is 0. The fraction of sp³-hybridized carbons (Fsp3) is 0.500. The minimum Gasteiger partial charge on any atom is -0.481 e. The van der Waals surface area contributed by atoms with E-state index in [1.165, 1.54) is 14.2 Å². The van der Waals surface area contributed by atoms with Crippen LogP contribution in [0, 0.1) is 0 Å². The van der Waals surface area contributed by atoms with Crippen molar-refractivity contribution in [2.75, 3.05) is 20.7 Å². The largest absolute Gasteiger partial charge is 0.481 e. The van der Waals surface area contributed by atoms with Crippen LogP contribution in [0.1, 0.15) is 12.1 Å². The Kier molecular flexibility index (Phi) is 6.08. The van der Waals surface area contributed by atoms with Crippen molar-refractivity contribution in [1.29, 1.82) is 0 Å². The lowest BCUT2D eigenvalue weighted by atomic mass is 10.3. The average Bonchev–Trinajstić information content (AvgIpc) is 2.41. The van der Waals surface area contributed by atoms with Gasteiger partial charge in [-0.3, -0.25) is 4.99 Å². The summed E-state index contributed by atoms with van der Waals surface area (Å²) in [5.74, 6) is 0.767. The van der Waals surface area contributed by atoms with Gasteiger partial charge in [0.2, 0.25) is 5.88 Å². The molecular weight excluding hydrogens is 273 g/mol. The first-order valence-electron chi connectivity index (χ1n) is 5.96. The second kappa shape index (κ2) is 7.56. The van der Waals surface area contributed by atoms with Crippen LogP contribution in [-0.2, 0) is 6.54 Å².